The zero-order valence-corrected chi connectivity index (χ0v) is 30.2. The summed E-state index contributed by atoms with van der Waals surface area (Å²) in [7, 11) is 6.82. The summed E-state index contributed by atoms with van der Waals surface area (Å²) in [6.07, 6.45) is 0. The van der Waals surface area contributed by atoms with Crippen LogP contribution in [0.5, 0.6) is 23.0 Å². The zero-order chi connectivity index (χ0) is 35.9. The van der Waals surface area contributed by atoms with Gasteiger partial charge in [0.05, 0.1) is 39.8 Å². The molecular formula is C46H44N2O4. The molecule has 0 N–H and O–H groups in total. The van der Waals surface area contributed by atoms with Gasteiger partial charge < -0.3 is 28.7 Å². The van der Waals surface area contributed by atoms with E-state index < -0.39 is 0 Å². The number of benzene rings is 7. The van der Waals surface area contributed by atoms with E-state index in [0.29, 0.717) is 26.2 Å². The minimum absolute atomic E-state index is 0.713. The SMILES string of the molecule is COc1ccc(CN(Cc2ccc(OC)cc2)c2c3ccccc3c(N(Cc3ccc(OC)cc3)Cc3ccc(OC)cc3)c3ccccc23)cc1. The molecule has 0 unspecified atom stereocenters. The summed E-state index contributed by atoms with van der Waals surface area (Å²) in [5.41, 5.74) is 7.21. The van der Waals surface area contributed by atoms with Crippen LogP contribution in [0.2, 0.25) is 0 Å². The van der Waals surface area contributed by atoms with Gasteiger partial charge in [0.2, 0.25) is 0 Å². The predicted molar refractivity (Wildman–Crippen MR) is 213 cm³/mol. The first-order valence-electron chi connectivity index (χ1n) is 17.5. The summed E-state index contributed by atoms with van der Waals surface area (Å²) in [4.78, 5) is 5.02. The molecule has 0 radical (unpaired) electrons. The largest absolute Gasteiger partial charge is 0.497 e. The fourth-order valence-corrected chi connectivity index (χ4v) is 7.00. The highest BCUT2D eigenvalue weighted by Crippen LogP contribution is 2.45. The highest BCUT2D eigenvalue weighted by atomic mass is 16.5. The normalized spacial score (nSPS) is 11.0. The third kappa shape index (κ3) is 7.47. The molecule has 0 aliphatic heterocycles. The van der Waals surface area contributed by atoms with Crippen molar-refractivity contribution in [1.82, 2.24) is 0 Å². The monoisotopic (exact) mass is 688 g/mol. The molecule has 52 heavy (non-hydrogen) atoms. The quantitative estimate of drug-likeness (QED) is 0.0837. The van der Waals surface area contributed by atoms with Crippen molar-refractivity contribution in [3.05, 3.63) is 168 Å². The average Bonchev–Trinajstić information content (AvgIpc) is 3.20. The van der Waals surface area contributed by atoms with E-state index in [4.69, 9.17) is 18.9 Å². The summed E-state index contributed by atoms with van der Waals surface area (Å²) in [5.74, 6) is 3.39. The lowest BCUT2D eigenvalue weighted by Crippen LogP contribution is -2.25. The second-order valence-corrected chi connectivity index (χ2v) is 12.9. The smallest absolute Gasteiger partial charge is 0.118 e. The molecule has 0 bridgehead atoms. The van der Waals surface area contributed by atoms with Crippen molar-refractivity contribution in [1.29, 1.82) is 0 Å². The lowest BCUT2D eigenvalue weighted by atomic mass is 9.95. The van der Waals surface area contributed by atoms with E-state index in [0.717, 1.165) is 23.0 Å². The Morgan fingerprint density at radius 1 is 0.308 bits per heavy atom. The summed E-state index contributed by atoms with van der Waals surface area (Å²) < 4.78 is 22.0. The molecule has 0 saturated heterocycles. The molecular weight excluding hydrogens is 645 g/mol. The highest BCUT2D eigenvalue weighted by molar-refractivity contribution is 6.20. The lowest BCUT2D eigenvalue weighted by molar-refractivity contribution is 0.414. The topological polar surface area (TPSA) is 43.4 Å². The summed E-state index contributed by atoms with van der Waals surface area (Å²) >= 11 is 0. The summed E-state index contributed by atoms with van der Waals surface area (Å²) in [6.45, 7) is 2.85. The molecule has 0 aliphatic carbocycles. The molecule has 7 rings (SSSR count). The maximum atomic E-state index is 5.49. The molecule has 0 spiro atoms. The third-order valence-corrected chi connectivity index (χ3v) is 9.64. The minimum atomic E-state index is 0.713. The van der Waals surface area contributed by atoms with Crippen LogP contribution in [0.4, 0.5) is 11.4 Å². The van der Waals surface area contributed by atoms with Gasteiger partial charge in [0, 0.05) is 47.7 Å². The van der Waals surface area contributed by atoms with Crippen LogP contribution in [0.15, 0.2) is 146 Å². The average molecular weight is 689 g/mol. The number of rotatable bonds is 14. The Morgan fingerprint density at radius 3 is 0.712 bits per heavy atom. The van der Waals surface area contributed by atoms with E-state index in [2.05, 4.69) is 107 Å². The Kier molecular flexibility index (Phi) is 10.4. The molecule has 7 aromatic rings. The fraction of sp³-hybridized carbons (Fsp3) is 0.174. The minimum Gasteiger partial charge on any atom is -0.497 e. The molecule has 262 valence electrons. The molecule has 0 aliphatic rings. The summed E-state index contributed by atoms with van der Waals surface area (Å²) in [5, 5.41) is 4.81. The van der Waals surface area contributed by atoms with E-state index in [-0.39, 0.29) is 0 Å². The molecule has 0 fully saturated rings. The second-order valence-electron chi connectivity index (χ2n) is 12.9. The Morgan fingerprint density at radius 2 is 0.519 bits per heavy atom. The Hall–Kier alpha value is -6.14. The molecule has 6 heteroatoms. The molecule has 0 aromatic heterocycles. The Bertz CT molecular complexity index is 1920. The maximum Gasteiger partial charge on any atom is 0.118 e. The van der Waals surface area contributed by atoms with Crippen LogP contribution in [-0.4, -0.2) is 28.4 Å². The zero-order valence-electron chi connectivity index (χ0n) is 30.2. The van der Waals surface area contributed by atoms with E-state index in [1.54, 1.807) is 28.4 Å². The van der Waals surface area contributed by atoms with Gasteiger partial charge in [-0.2, -0.15) is 0 Å². The molecule has 7 aromatic carbocycles. The fourth-order valence-electron chi connectivity index (χ4n) is 7.00. The molecule has 6 nitrogen and oxygen atoms in total. The number of nitrogens with zero attached hydrogens (tertiary/aromatic N) is 2. The van der Waals surface area contributed by atoms with Crippen molar-refractivity contribution in [3.63, 3.8) is 0 Å². The van der Waals surface area contributed by atoms with Crippen molar-refractivity contribution in [2.24, 2.45) is 0 Å². The lowest BCUT2D eigenvalue weighted by Gasteiger charge is -2.33. The molecule has 0 atom stereocenters. The number of anilines is 2. The van der Waals surface area contributed by atoms with Crippen molar-refractivity contribution >= 4 is 32.9 Å². The third-order valence-electron chi connectivity index (χ3n) is 9.64. The number of hydrogen-bond donors (Lipinski definition) is 0. The number of hydrogen-bond acceptors (Lipinski definition) is 6. The van der Waals surface area contributed by atoms with Crippen LogP contribution < -0.4 is 28.7 Å². The second kappa shape index (κ2) is 15.8. The van der Waals surface area contributed by atoms with Crippen molar-refractivity contribution < 1.29 is 18.9 Å². The van der Waals surface area contributed by atoms with Gasteiger partial charge in [-0.05, 0) is 70.8 Å². The molecule has 0 saturated carbocycles. The van der Waals surface area contributed by atoms with Gasteiger partial charge in [0.1, 0.15) is 23.0 Å². The number of fused-ring (bicyclic) bond motifs is 2. The van der Waals surface area contributed by atoms with E-state index in [9.17, 15) is 0 Å². The van der Waals surface area contributed by atoms with Gasteiger partial charge in [0.25, 0.3) is 0 Å². The first-order valence-corrected chi connectivity index (χ1v) is 17.5. The van der Waals surface area contributed by atoms with Gasteiger partial charge in [-0.15, -0.1) is 0 Å². The van der Waals surface area contributed by atoms with Crippen LogP contribution >= 0.6 is 0 Å². The van der Waals surface area contributed by atoms with E-state index >= 15 is 0 Å². The van der Waals surface area contributed by atoms with Gasteiger partial charge in [-0.25, -0.2) is 0 Å². The first kappa shape index (κ1) is 34.3. The van der Waals surface area contributed by atoms with Crippen LogP contribution in [0, 0.1) is 0 Å². The van der Waals surface area contributed by atoms with Gasteiger partial charge in [-0.3, -0.25) is 0 Å². The van der Waals surface area contributed by atoms with E-state index in [1.165, 1.54) is 55.2 Å². The highest BCUT2D eigenvalue weighted by Gasteiger charge is 2.23. The van der Waals surface area contributed by atoms with Crippen molar-refractivity contribution in [2.75, 3.05) is 38.2 Å². The van der Waals surface area contributed by atoms with Gasteiger partial charge >= 0.3 is 0 Å². The Labute approximate surface area is 306 Å². The van der Waals surface area contributed by atoms with Crippen LogP contribution in [0.25, 0.3) is 21.5 Å². The van der Waals surface area contributed by atoms with Crippen molar-refractivity contribution in [3.8, 4) is 23.0 Å². The predicted octanol–water partition coefficient (Wildman–Crippen LogP) is 10.4. The van der Waals surface area contributed by atoms with Crippen molar-refractivity contribution in [2.45, 2.75) is 26.2 Å². The van der Waals surface area contributed by atoms with Gasteiger partial charge in [-0.1, -0.05) is 97.1 Å². The number of ether oxygens (including phenoxy) is 4. The maximum absolute atomic E-state index is 5.49. The van der Waals surface area contributed by atoms with E-state index in [1.807, 2.05) is 48.5 Å². The van der Waals surface area contributed by atoms with Crippen LogP contribution in [0.3, 0.4) is 0 Å². The molecule has 0 heterocycles. The van der Waals surface area contributed by atoms with Crippen LogP contribution in [-0.2, 0) is 26.2 Å². The number of methoxy groups -OCH3 is 4. The first-order chi connectivity index (χ1) is 25.6. The van der Waals surface area contributed by atoms with Gasteiger partial charge in [0.15, 0.2) is 0 Å². The van der Waals surface area contributed by atoms with Crippen LogP contribution in [0.1, 0.15) is 22.3 Å². The standard InChI is InChI=1S/C46H44N2O4/c1-49-37-21-13-33(14-22-37)29-47(30-34-15-23-38(50-2)24-16-34)45-41-9-5-7-11-43(41)46(44-12-8-6-10-42(44)45)48(31-35-17-25-39(51-3)26-18-35)32-36-19-27-40(52-4)28-20-36/h5-28H,29-32H2,1-4H3. The summed E-state index contributed by atoms with van der Waals surface area (Å²) in [6, 6.07) is 51.3. The Balaban J connectivity index is 1.41. The molecule has 0 amide bonds.